The first-order chi connectivity index (χ1) is 16.3. The Labute approximate surface area is 199 Å². The molecule has 4 amide bonds. The zero-order valence-electron chi connectivity index (χ0n) is 19.8. The van der Waals surface area contributed by atoms with Crippen LogP contribution in [-0.2, 0) is 9.59 Å². The number of nitrogens with zero attached hydrogens (tertiary/aromatic N) is 3. The molecule has 1 aromatic carbocycles. The Morgan fingerprint density at radius 1 is 1.03 bits per heavy atom. The zero-order valence-corrected chi connectivity index (χ0v) is 19.8. The van der Waals surface area contributed by atoms with Crippen LogP contribution in [0.1, 0.15) is 59.4 Å². The number of fused-ring (bicyclic) bond motifs is 1. The second-order valence-corrected chi connectivity index (χ2v) is 9.48. The van der Waals surface area contributed by atoms with Gasteiger partial charge in [0, 0.05) is 25.2 Å². The van der Waals surface area contributed by atoms with E-state index in [2.05, 4.69) is 10.3 Å². The predicted octanol–water partition coefficient (Wildman–Crippen LogP) is 3.28. The highest BCUT2D eigenvalue weighted by atomic mass is 16.2. The van der Waals surface area contributed by atoms with Crippen molar-refractivity contribution in [2.45, 2.75) is 46.1 Å². The lowest BCUT2D eigenvalue weighted by Gasteiger charge is -2.36. The van der Waals surface area contributed by atoms with Gasteiger partial charge in [0.25, 0.3) is 11.8 Å². The molecule has 2 aliphatic rings. The Kier molecular flexibility index (Phi) is 6.77. The van der Waals surface area contributed by atoms with Gasteiger partial charge in [-0.15, -0.1) is 0 Å². The van der Waals surface area contributed by atoms with Crippen molar-refractivity contribution in [1.82, 2.24) is 14.8 Å². The molecule has 178 valence electrons. The van der Waals surface area contributed by atoms with E-state index in [0.717, 1.165) is 10.5 Å². The van der Waals surface area contributed by atoms with Gasteiger partial charge < -0.3 is 10.2 Å². The molecule has 1 atom stereocenters. The molecular formula is C26H30N4O4. The van der Waals surface area contributed by atoms with Crippen molar-refractivity contribution in [1.29, 1.82) is 0 Å². The molecule has 2 aromatic rings. The first-order valence-electron chi connectivity index (χ1n) is 11.8. The number of rotatable bonds is 6. The molecule has 0 saturated carbocycles. The van der Waals surface area contributed by atoms with Gasteiger partial charge in [0.05, 0.1) is 11.1 Å². The molecule has 0 radical (unpaired) electrons. The first-order valence-corrected chi connectivity index (χ1v) is 11.8. The zero-order chi connectivity index (χ0) is 24.4. The molecule has 0 aliphatic carbocycles. The Morgan fingerprint density at radius 2 is 1.65 bits per heavy atom. The van der Waals surface area contributed by atoms with E-state index < -0.39 is 17.9 Å². The van der Waals surface area contributed by atoms with Crippen LogP contribution in [0.5, 0.6) is 0 Å². The van der Waals surface area contributed by atoms with Crippen LogP contribution in [0.25, 0.3) is 0 Å². The highest BCUT2D eigenvalue weighted by Gasteiger charge is 2.44. The SMILES string of the molecule is Cc1ccc(NC(=O)C2CCN(C(=O)C(CC(C)C)N3C(=O)c4ccccc4C3=O)CC2)nc1. The minimum Gasteiger partial charge on any atom is -0.341 e. The minimum absolute atomic E-state index is 0.109. The monoisotopic (exact) mass is 462 g/mol. The van der Waals surface area contributed by atoms with Gasteiger partial charge in [-0.1, -0.05) is 32.0 Å². The Balaban J connectivity index is 1.43. The minimum atomic E-state index is -0.852. The molecule has 0 bridgehead atoms. The average molecular weight is 463 g/mol. The van der Waals surface area contributed by atoms with Crippen LogP contribution in [0.3, 0.4) is 0 Å². The number of likely N-dealkylation sites (tertiary alicyclic amines) is 1. The van der Waals surface area contributed by atoms with Crippen LogP contribution >= 0.6 is 0 Å². The summed E-state index contributed by atoms with van der Waals surface area (Å²) >= 11 is 0. The van der Waals surface area contributed by atoms with Crippen LogP contribution in [0.4, 0.5) is 5.82 Å². The molecular weight excluding hydrogens is 432 g/mol. The molecule has 3 heterocycles. The molecule has 1 aromatic heterocycles. The quantitative estimate of drug-likeness (QED) is 0.664. The summed E-state index contributed by atoms with van der Waals surface area (Å²) < 4.78 is 0. The molecule has 0 spiro atoms. The summed E-state index contributed by atoms with van der Waals surface area (Å²) in [6.45, 7) is 6.66. The number of aryl methyl sites for hydroxylation is 1. The van der Waals surface area contributed by atoms with E-state index in [1.54, 1.807) is 41.4 Å². The predicted molar refractivity (Wildman–Crippen MR) is 127 cm³/mol. The normalized spacial score (nSPS) is 17.2. The Hall–Kier alpha value is -3.55. The van der Waals surface area contributed by atoms with Crippen molar-refractivity contribution in [3.63, 3.8) is 0 Å². The van der Waals surface area contributed by atoms with Crippen molar-refractivity contribution in [3.05, 3.63) is 59.3 Å². The maximum Gasteiger partial charge on any atom is 0.262 e. The fourth-order valence-corrected chi connectivity index (χ4v) is 4.60. The van der Waals surface area contributed by atoms with E-state index in [-0.39, 0.29) is 23.7 Å². The number of anilines is 1. The maximum absolute atomic E-state index is 13.5. The van der Waals surface area contributed by atoms with Gasteiger partial charge in [-0.2, -0.15) is 0 Å². The molecule has 1 unspecified atom stereocenters. The molecule has 4 rings (SSSR count). The van der Waals surface area contributed by atoms with E-state index in [4.69, 9.17) is 0 Å². The van der Waals surface area contributed by atoms with Crippen LogP contribution in [-0.4, -0.2) is 57.5 Å². The molecule has 1 fully saturated rings. The van der Waals surface area contributed by atoms with Crippen molar-refractivity contribution in [2.75, 3.05) is 18.4 Å². The number of carbonyl (C=O) groups excluding carboxylic acids is 4. The number of aromatic nitrogens is 1. The van der Waals surface area contributed by atoms with Crippen LogP contribution < -0.4 is 5.32 Å². The number of piperidine rings is 1. The van der Waals surface area contributed by atoms with E-state index in [9.17, 15) is 19.2 Å². The third-order valence-electron chi connectivity index (χ3n) is 6.46. The highest BCUT2D eigenvalue weighted by molar-refractivity contribution is 6.22. The second kappa shape index (κ2) is 9.75. The van der Waals surface area contributed by atoms with E-state index >= 15 is 0 Å². The molecule has 2 aliphatic heterocycles. The van der Waals surface area contributed by atoms with E-state index in [0.29, 0.717) is 49.3 Å². The van der Waals surface area contributed by atoms with Gasteiger partial charge in [0.2, 0.25) is 11.8 Å². The average Bonchev–Trinajstić information content (AvgIpc) is 3.08. The molecule has 34 heavy (non-hydrogen) atoms. The van der Waals surface area contributed by atoms with E-state index in [1.165, 1.54) is 0 Å². The topological polar surface area (TPSA) is 99.7 Å². The lowest BCUT2D eigenvalue weighted by Crippen LogP contribution is -2.53. The number of pyridine rings is 1. The number of hydrogen-bond donors (Lipinski definition) is 1. The Bertz CT molecular complexity index is 1070. The highest BCUT2D eigenvalue weighted by Crippen LogP contribution is 2.29. The van der Waals surface area contributed by atoms with Crippen LogP contribution in [0, 0.1) is 18.8 Å². The number of imide groups is 1. The smallest absolute Gasteiger partial charge is 0.262 e. The van der Waals surface area contributed by atoms with Crippen molar-refractivity contribution < 1.29 is 19.2 Å². The van der Waals surface area contributed by atoms with Gasteiger partial charge in [0.15, 0.2) is 0 Å². The third kappa shape index (κ3) is 4.71. The number of benzene rings is 1. The summed E-state index contributed by atoms with van der Waals surface area (Å²) in [4.78, 5) is 59.3. The lowest BCUT2D eigenvalue weighted by atomic mass is 9.94. The largest absolute Gasteiger partial charge is 0.341 e. The summed E-state index contributed by atoms with van der Waals surface area (Å²) in [6, 6.07) is 9.49. The molecule has 1 N–H and O–H groups in total. The van der Waals surface area contributed by atoms with E-state index in [1.807, 2.05) is 26.8 Å². The van der Waals surface area contributed by atoms with Gasteiger partial charge in [0.1, 0.15) is 11.9 Å². The van der Waals surface area contributed by atoms with Gasteiger partial charge in [-0.05, 0) is 55.9 Å². The van der Waals surface area contributed by atoms with Crippen molar-refractivity contribution >= 4 is 29.4 Å². The fraction of sp³-hybridized carbons (Fsp3) is 0.423. The van der Waals surface area contributed by atoms with Gasteiger partial charge in [-0.25, -0.2) is 4.98 Å². The van der Waals surface area contributed by atoms with Crippen LogP contribution in [0.2, 0.25) is 0 Å². The summed E-state index contributed by atoms with van der Waals surface area (Å²) in [7, 11) is 0. The Morgan fingerprint density at radius 3 is 2.18 bits per heavy atom. The number of carbonyl (C=O) groups is 4. The third-order valence-corrected chi connectivity index (χ3v) is 6.46. The van der Waals surface area contributed by atoms with Crippen LogP contribution in [0.15, 0.2) is 42.6 Å². The summed E-state index contributed by atoms with van der Waals surface area (Å²) in [5.41, 5.74) is 1.70. The van der Waals surface area contributed by atoms with Crippen molar-refractivity contribution in [2.24, 2.45) is 11.8 Å². The number of nitrogens with one attached hydrogen (secondary N) is 1. The van der Waals surface area contributed by atoms with Gasteiger partial charge in [-0.3, -0.25) is 24.1 Å². The second-order valence-electron chi connectivity index (χ2n) is 9.48. The number of hydrogen-bond acceptors (Lipinski definition) is 5. The summed E-state index contributed by atoms with van der Waals surface area (Å²) in [5.74, 6) is -0.779. The van der Waals surface area contributed by atoms with Crippen molar-refractivity contribution in [3.8, 4) is 0 Å². The fourth-order valence-electron chi connectivity index (χ4n) is 4.60. The lowest BCUT2D eigenvalue weighted by molar-refractivity contribution is -0.138. The molecule has 8 heteroatoms. The summed E-state index contributed by atoms with van der Waals surface area (Å²) in [5, 5.41) is 2.85. The number of amides is 4. The standard InChI is InChI=1S/C26H30N4O4/c1-16(2)14-21(30-24(32)19-6-4-5-7-20(19)25(30)33)26(34)29-12-10-18(11-13-29)23(31)28-22-9-8-17(3)15-27-22/h4-9,15-16,18,21H,10-14H2,1-3H3,(H,27,28,31). The first kappa shape index (κ1) is 23.6. The van der Waals surface area contributed by atoms with Gasteiger partial charge >= 0.3 is 0 Å². The maximum atomic E-state index is 13.5. The molecule has 1 saturated heterocycles. The summed E-state index contributed by atoms with van der Waals surface area (Å²) in [6.07, 6.45) is 3.12. The molecule has 8 nitrogen and oxygen atoms in total.